The van der Waals surface area contributed by atoms with Gasteiger partial charge in [0.2, 0.25) is 11.9 Å². The van der Waals surface area contributed by atoms with Gasteiger partial charge in [-0.3, -0.25) is 0 Å². The second-order valence-electron chi connectivity index (χ2n) is 7.35. The van der Waals surface area contributed by atoms with Crippen molar-refractivity contribution in [3.05, 3.63) is 11.9 Å². The topological polar surface area (TPSA) is 103 Å². The molecule has 0 saturated heterocycles. The number of nitrogens with zero attached hydrogens (tertiary/aromatic N) is 3. The maximum atomic E-state index is 13.2. The molecule has 4 atom stereocenters. The first-order chi connectivity index (χ1) is 13.3. The maximum absolute atomic E-state index is 13.2. The number of nitrogens with one attached hydrogen (secondary N) is 2. The van der Waals surface area contributed by atoms with Gasteiger partial charge in [0.15, 0.2) is 5.82 Å². The van der Waals surface area contributed by atoms with Crippen LogP contribution in [0, 0.1) is 0 Å². The molecule has 0 amide bonds. The largest absolute Gasteiger partial charge is 0.408 e. The first-order valence-electron chi connectivity index (χ1n) is 9.69. The van der Waals surface area contributed by atoms with Crippen LogP contribution in [-0.2, 0) is 0 Å². The van der Waals surface area contributed by atoms with Crippen LogP contribution in [-0.4, -0.2) is 55.6 Å². The minimum Gasteiger partial charge on any atom is -0.391 e. The average molecular weight is 401 g/mol. The minimum atomic E-state index is -4.43. The molecule has 0 bridgehead atoms. The van der Waals surface area contributed by atoms with Crippen LogP contribution in [0.15, 0.2) is 6.08 Å². The Labute approximate surface area is 161 Å². The van der Waals surface area contributed by atoms with E-state index in [-0.39, 0.29) is 30.2 Å². The van der Waals surface area contributed by atoms with Crippen LogP contribution in [0.3, 0.4) is 0 Å². The molecule has 156 valence electrons. The van der Waals surface area contributed by atoms with Crippen LogP contribution in [0.5, 0.6) is 0 Å². The average Bonchev–Trinajstić information content (AvgIpc) is 3.03. The lowest BCUT2D eigenvalue weighted by molar-refractivity contribution is -0.143. The highest BCUT2D eigenvalue weighted by Crippen LogP contribution is 2.29. The van der Waals surface area contributed by atoms with Gasteiger partial charge in [-0.05, 0) is 56.6 Å². The molecule has 4 N–H and O–H groups in total. The third-order valence-electron chi connectivity index (χ3n) is 5.16. The van der Waals surface area contributed by atoms with Gasteiger partial charge in [0.1, 0.15) is 6.04 Å². The van der Waals surface area contributed by atoms with E-state index in [1.54, 1.807) is 6.08 Å². The third kappa shape index (κ3) is 5.11. The number of allylic oxidation sites excluding steroid dienone is 1. The molecular formula is C18H26F3N5O2. The van der Waals surface area contributed by atoms with Crippen LogP contribution in [0.25, 0.3) is 5.57 Å². The van der Waals surface area contributed by atoms with Crippen LogP contribution >= 0.6 is 0 Å². The van der Waals surface area contributed by atoms with Crippen molar-refractivity contribution in [3.63, 3.8) is 0 Å². The molecule has 28 heavy (non-hydrogen) atoms. The van der Waals surface area contributed by atoms with Gasteiger partial charge in [0.25, 0.3) is 0 Å². The number of hydrogen-bond acceptors (Lipinski definition) is 7. The lowest BCUT2D eigenvalue weighted by Crippen LogP contribution is -2.36. The van der Waals surface area contributed by atoms with Crippen molar-refractivity contribution in [2.24, 2.45) is 0 Å². The molecule has 1 aromatic rings. The fourth-order valence-corrected chi connectivity index (χ4v) is 3.58. The highest BCUT2D eigenvalue weighted by atomic mass is 19.4. The number of aromatic nitrogens is 3. The molecular weight excluding hydrogens is 375 g/mol. The predicted molar refractivity (Wildman–Crippen MR) is 98.7 cm³/mol. The molecule has 2 aliphatic rings. The molecule has 3 rings (SSSR count). The summed E-state index contributed by atoms with van der Waals surface area (Å²) in [5, 5.41) is 25.3. The molecule has 0 radical (unpaired) electrons. The first kappa shape index (κ1) is 20.8. The van der Waals surface area contributed by atoms with E-state index in [0.717, 1.165) is 19.3 Å². The van der Waals surface area contributed by atoms with Crippen LogP contribution < -0.4 is 10.6 Å². The molecule has 1 aromatic heterocycles. The maximum Gasteiger partial charge on any atom is 0.408 e. The summed E-state index contributed by atoms with van der Waals surface area (Å²) >= 11 is 0. The molecule has 10 heteroatoms. The van der Waals surface area contributed by atoms with Crippen molar-refractivity contribution in [1.29, 1.82) is 0 Å². The van der Waals surface area contributed by atoms with Gasteiger partial charge in [-0.1, -0.05) is 6.92 Å². The van der Waals surface area contributed by atoms with Crippen molar-refractivity contribution in [1.82, 2.24) is 15.0 Å². The van der Waals surface area contributed by atoms with Crippen molar-refractivity contribution >= 4 is 17.5 Å². The van der Waals surface area contributed by atoms with Crippen molar-refractivity contribution in [2.75, 3.05) is 10.6 Å². The molecule has 0 aliphatic heterocycles. The molecule has 1 unspecified atom stereocenters. The van der Waals surface area contributed by atoms with Crippen molar-refractivity contribution in [2.45, 2.75) is 82.3 Å². The minimum absolute atomic E-state index is 0.122. The highest BCUT2D eigenvalue weighted by Gasteiger charge is 2.39. The van der Waals surface area contributed by atoms with Gasteiger partial charge in [-0.2, -0.15) is 28.1 Å². The van der Waals surface area contributed by atoms with E-state index in [9.17, 15) is 23.4 Å². The summed E-state index contributed by atoms with van der Waals surface area (Å²) < 4.78 is 39.5. The number of halogens is 3. The van der Waals surface area contributed by atoms with Crippen LogP contribution in [0.4, 0.5) is 25.1 Å². The fraction of sp³-hybridized carbons (Fsp3) is 0.722. The Bertz CT molecular complexity index is 713. The molecule has 2 aliphatic carbocycles. The van der Waals surface area contributed by atoms with E-state index >= 15 is 0 Å². The molecule has 1 saturated carbocycles. The molecule has 0 spiro atoms. The summed E-state index contributed by atoms with van der Waals surface area (Å²) in [5.74, 6) is 0.185. The summed E-state index contributed by atoms with van der Waals surface area (Å²) in [7, 11) is 0. The van der Waals surface area contributed by atoms with E-state index in [0.29, 0.717) is 24.8 Å². The molecule has 1 fully saturated rings. The standard InChI is InChI=1S/C18H26F3N5O2/c1-2-14(18(19,20)21)23-17-25-15(10-5-3-6-11(27)9-10)24-16(26-17)22-12-7-4-8-13(12)28/h9,11-14,27-28H,2-8H2,1H3,(H2,22,23,24,25,26)/t11?,12-,13+,14-/m1/s1. The highest BCUT2D eigenvalue weighted by molar-refractivity contribution is 5.63. The lowest BCUT2D eigenvalue weighted by atomic mass is 9.97. The van der Waals surface area contributed by atoms with Crippen LogP contribution in [0.1, 0.15) is 57.7 Å². The van der Waals surface area contributed by atoms with E-state index in [4.69, 9.17) is 0 Å². The van der Waals surface area contributed by atoms with Gasteiger partial charge in [-0.15, -0.1) is 0 Å². The Morgan fingerprint density at radius 2 is 1.86 bits per heavy atom. The SMILES string of the molecule is CC[C@@H](Nc1nc(N[C@@H]2CCC[C@@H]2O)nc(C2=CC(O)CCC2)n1)C(F)(F)F. The van der Waals surface area contributed by atoms with Crippen LogP contribution in [0.2, 0.25) is 0 Å². The zero-order valence-electron chi connectivity index (χ0n) is 15.7. The Kier molecular flexibility index (Phi) is 6.39. The van der Waals surface area contributed by atoms with Crippen molar-refractivity contribution in [3.8, 4) is 0 Å². The number of anilines is 2. The summed E-state index contributed by atoms with van der Waals surface area (Å²) in [6.07, 6.45) is 0.0980. The third-order valence-corrected chi connectivity index (χ3v) is 5.16. The Hall–Kier alpha value is -1.94. The smallest absolute Gasteiger partial charge is 0.391 e. The van der Waals surface area contributed by atoms with Gasteiger partial charge in [-0.25, -0.2) is 0 Å². The van der Waals surface area contributed by atoms with E-state index in [2.05, 4.69) is 25.6 Å². The van der Waals surface area contributed by atoms with Crippen molar-refractivity contribution < 1.29 is 23.4 Å². The number of alkyl halides is 3. The summed E-state index contributed by atoms with van der Waals surface area (Å²) in [4.78, 5) is 12.6. The zero-order chi connectivity index (χ0) is 20.3. The summed E-state index contributed by atoms with van der Waals surface area (Å²) in [5.41, 5.74) is 0.680. The van der Waals surface area contributed by atoms with E-state index < -0.39 is 24.4 Å². The monoisotopic (exact) mass is 401 g/mol. The Balaban J connectivity index is 1.91. The fourth-order valence-electron chi connectivity index (χ4n) is 3.58. The number of aliphatic hydroxyl groups is 2. The lowest BCUT2D eigenvalue weighted by Gasteiger charge is -2.22. The zero-order valence-corrected chi connectivity index (χ0v) is 15.7. The number of rotatable bonds is 6. The molecule has 7 nitrogen and oxygen atoms in total. The number of aliphatic hydroxyl groups excluding tert-OH is 2. The normalized spacial score (nSPS) is 26.6. The predicted octanol–water partition coefficient (Wildman–Crippen LogP) is 2.88. The van der Waals surface area contributed by atoms with E-state index in [1.165, 1.54) is 6.92 Å². The van der Waals surface area contributed by atoms with Gasteiger partial charge >= 0.3 is 6.18 Å². The molecule has 1 heterocycles. The van der Waals surface area contributed by atoms with Gasteiger partial charge < -0.3 is 20.8 Å². The summed E-state index contributed by atoms with van der Waals surface area (Å²) in [6.45, 7) is 1.43. The van der Waals surface area contributed by atoms with E-state index in [1.807, 2.05) is 0 Å². The second-order valence-corrected chi connectivity index (χ2v) is 7.35. The summed E-state index contributed by atoms with van der Waals surface area (Å²) in [6, 6.07) is -2.03. The Morgan fingerprint density at radius 3 is 2.46 bits per heavy atom. The molecule has 0 aromatic carbocycles. The quantitative estimate of drug-likeness (QED) is 0.581. The number of hydrogen-bond donors (Lipinski definition) is 4. The van der Waals surface area contributed by atoms with Gasteiger partial charge in [0, 0.05) is 0 Å². The first-order valence-corrected chi connectivity index (χ1v) is 9.69. The Morgan fingerprint density at radius 1 is 1.11 bits per heavy atom. The second kappa shape index (κ2) is 8.60. The van der Waals surface area contributed by atoms with Gasteiger partial charge in [0.05, 0.1) is 18.2 Å².